The van der Waals surface area contributed by atoms with Crippen LogP contribution in [0.3, 0.4) is 0 Å². The van der Waals surface area contributed by atoms with Crippen LogP contribution in [0.4, 0.5) is 0 Å². The van der Waals surface area contributed by atoms with E-state index >= 15 is 0 Å². The molecule has 1 aromatic carbocycles. The van der Waals surface area contributed by atoms with E-state index in [1.807, 2.05) is 12.1 Å². The Kier molecular flexibility index (Phi) is 3.48. The third-order valence-electron chi connectivity index (χ3n) is 3.48. The molecule has 92 valence electrons. The first-order valence-electron chi connectivity index (χ1n) is 6.07. The minimum Gasteiger partial charge on any atom is -0.478 e. The van der Waals surface area contributed by atoms with E-state index in [-0.39, 0.29) is 0 Å². The van der Waals surface area contributed by atoms with Gasteiger partial charge >= 0.3 is 5.97 Å². The molecule has 1 aromatic rings. The molecule has 1 aliphatic rings. The molecule has 3 nitrogen and oxygen atoms in total. The molecule has 0 amide bonds. The van der Waals surface area contributed by atoms with Crippen LogP contribution in [0.1, 0.15) is 29.3 Å². The molecule has 0 bridgehead atoms. The van der Waals surface area contributed by atoms with Gasteiger partial charge in [-0.3, -0.25) is 0 Å². The molecular weight excluding hydrogens is 214 g/mol. The average Bonchev–Trinajstić information content (AvgIpc) is 2.94. The summed E-state index contributed by atoms with van der Waals surface area (Å²) in [7, 11) is 2.12. The maximum Gasteiger partial charge on any atom is 0.335 e. The second kappa shape index (κ2) is 4.88. The Morgan fingerprint density at radius 3 is 2.47 bits per heavy atom. The highest BCUT2D eigenvalue weighted by atomic mass is 16.4. The molecule has 0 spiro atoms. The molecule has 0 saturated heterocycles. The van der Waals surface area contributed by atoms with Crippen molar-refractivity contribution in [2.45, 2.75) is 19.9 Å². The predicted molar refractivity (Wildman–Crippen MR) is 67.0 cm³/mol. The molecule has 0 heterocycles. The van der Waals surface area contributed by atoms with Gasteiger partial charge in [0.2, 0.25) is 0 Å². The molecule has 0 radical (unpaired) electrons. The van der Waals surface area contributed by atoms with E-state index < -0.39 is 5.97 Å². The van der Waals surface area contributed by atoms with E-state index in [9.17, 15) is 4.79 Å². The first-order chi connectivity index (χ1) is 8.06. The Morgan fingerprint density at radius 1 is 1.41 bits per heavy atom. The second-order valence-electron chi connectivity index (χ2n) is 5.17. The number of aromatic carboxylic acids is 1. The predicted octanol–water partition coefficient (Wildman–Crippen LogP) is 2.47. The first-order valence-corrected chi connectivity index (χ1v) is 6.07. The van der Waals surface area contributed by atoms with Crippen molar-refractivity contribution in [3.05, 3.63) is 35.4 Å². The number of carboxylic acid groups (broad SMARTS) is 1. The lowest BCUT2D eigenvalue weighted by atomic mass is 10.1. The van der Waals surface area contributed by atoms with Crippen molar-refractivity contribution >= 4 is 5.97 Å². The van der Waals surface area contributed by atoms with Gasteiger partial charge < -0.3 is 10.0 Å². The van der Waals surface area contributed by atoms with Crippen LogP contribution in [-0.2, 0) is 6.54 Å². The standard InChI is InChI=1S/C14H19NO2/c1-10-7-13(10)9-15(2)8-11-3-5-12(6-4-11)14(16)17/h3-6,10,13H,7-9H2,1-2H3,(H,16,17). The number of hydrogen-bond acceptors (Lipinski definition) is 2. The van der Waals surface area contributed by atoms with Crippen molar-refractivity contribution in [1.82, 2.24) is 4.90 Å². The van der Waals surface area contributed by atoms with Crippen molar-refractivity contribution in [3.63, 3.8) is 0 Å². The van der Waals surface area contributed by atoms with Crippen LogP contribution in [0.2, 0.25) is 0 Å². The molecule has 3 heteroatoms. The quantitative estimate of drug-likeness (QED) is 0.849. The molecule has 2 atom stereocenters. The zero-order chi connectivity index (χ0) is 12.4. The van der Waals surface area contributed by atoms with Crippen LogP contribution < -0.4 is 0 Å². The fourth-order valence-electron chi connectivity index (χ4n) is 2.18. The Bertz CT molecular complexity index is 399. The summed E-state index contributed by atoms with van der Waals surface area (Å²) in [5.41, 5.74) is 1.53. The summed E-state index contributed by atoms with van der Waals surface area (Å²) < 4.78 is 0. The van der Waals surface area contributed by atoms with Gasteiger partial charge in [0, 0.05) is 13.1 Å². The van der Waals surface area contributed by atoms with Crippen LogP contribution in [0.15, 0.2) is 24.3 Å². The van der Waals surface area contributed by atoms with Crippen LogP contribution >= 0.6 is 0 Å². The van der Waals surface area contributed by atoms with Crippen molar-refractivity contribution < 1.29 is 9.90 Å². The molecule has 0 aromatic heterocycles. The van der Waals surface area contributed by atoms with Gasteiger partial charge in [0.15, 0.2) is 0 Å². The summed E-state index contributed by atoms with van der Waals surface area (Å²) in [5, 5.41) is 8.80. The lowest BCUT2D eigenvalue weighted by molar-refractivity contribution is 0.0697. The van der Waals surface area contributed by atoms with E-state index in [0.29, 0.717) is 5.56 Å². The third-order valence-corrected chi connectivity index (χ3v) is 3.48. The molecule has 1 saturated carbocycles. The molecule has 2 unspecified atom stereocenters. The van der Waals surface area contributed by atoms with Crippen LogP contribution in [0.5, 0.6) is 0 Å². The SMILES string of the molecule is CC1CC1CN(C)Cc1ccc(C(=O)O)cc1. The summed E-state index contributed by atoms with van der Waals surface area (Å²) in [6.07, 6.45) is 1.35. The van der Waals surface area contributed by atoms with Gasteiger partial charge in [0.25, 0.3) is 0 Å². The Balaban J connectivity index is 1.87. The van der Waals surface area contributed by atoms with E-state index in [2.05, 4.69) is 18.9 Å². The minimum atomic E-state index is -0.864. The molecular formula is C14H19NO2. The number of rotatable bonds is 5. The molecule has 1 N–H and O–H groups in total. The van der Waals surface area contributed by atoms with Crippen LogP contribution in [0.25, 0.3) is 0 Å². The highest BCUT2D eigenvalue weighted by molar-refractivity contribution is 5.87. The highest BCUT2D eigenvalue weighted by Gasteiger charge is 2.32. The number of hydrogen-bond donors (Lipinski definition) is 1. The second-order valence-corrected chi connectivity index (χ2v) is 5.17. The Hall–Kier alpha value is -1.35. The average molecular weight is 233 g/mol. The zero-order valence-corrected chi connectivity index (χ0v) is 10.4. The maximum atomic E-state index is 10.7. The zero-order valence-electron chi connectivity index (χ0n) is 10.4. The number of nitrogens with zero attached hydrogens (tertiary/aromatic N) is 1. The smallest absolute Gasteiger partial charge is 0.335 e. The third kappa shape index (κ3) is 3.30. The largest absolute Gasteiger partial charge is 0.478 e. The summed E-state index contributed by atoms with van der Waals surface area (Å²) in [6, 6.07) is 7.14. The Morgan fingerprint density at radius 2 is 2.00 bits per heavy atom. The van der Waals surface area contributed by atoms with Crippen molar-refractivity contribution in [2.24, 2.45) is 11.8 Å². The summed E-state index contributed by atoms with van der Waals surface area (Å²) >= 11 is 0. The lowest BCUT2D eigenvalue weighted by Gasteiger charge is -2.16. The summed E-state index contributed by atoms with van der Waals surface area (Å²) in [5.74, 6) is 0.877. The number of carboxylic acids is 1. The molecule has 17 heavy (non-hydrogen) atoms. The molecule has 2 rings (SSSR count). The first kappa shape index (κ1) is 12.1. The van der Waals surface area contributed by atoms with E-state index in [1.54, 1.807) is 12.1 Å². The minimum absolute atomic E-state index is 0.354. The van der Waals surface area contributed by atoms with E-state index in [1.165, 1.54) is 12.0 Å². The molecule has 0 aliphatic heterocycles. The van der Waals surface area contributed by atoms with Crippen molar-refractivity contribution in [3.8, 4) is 0 Å². The van der Waals surface area contributed by atoms with Crippen molar-refractivity contribution in [2.75, 3.05) is 13.6 Å². The summed E-state index contributed by atoms with van der Waals surface area (Å²) in [4.78, 5) is 13.0. The number of benzene rings is 1. The van der Waals surface area contributed by atoms with Gasteiger partial charge in [-0.05, 0) is 43.0 Å². The van der Waals surface area contributed by atoms with E-state index in [4.69, 9.17) is 5.11 Å². The van der Waals surface area contributed by atoms with E-state index in [0.717, 1.165) is 24.9 Å². The fraction of sp³-hybridized carbons (Fsp3) is 0.500. The monoisotopic (exact) mass is 233 g/mol. The van der Waals surface area contributed by atoms with Gasteiger partial charge in [-0.25, -0.2) is 4.79 Å². The van der Waals surface area contributed by atoms with Crippen molar-refractivity contribution in [1.29, 1.82) is 0 Å². The summed E-state index contributed by atoms with van der Waals surface area (Å²) in [6.45, 7) is 4.32. The maximum absolute atomic E-state index is 10.7. The Labute approximate surface area is 102 Å². The van der Waals surface area contributed by atoms with Gasteiger partial charge in [0.1, 0.15) is 0 Å². The van der Waals surface area contributed by atoms with Gasteiger partial charge in [-0.1, -0.05) is 19.1 Å². The van der Waals surface area contributed by atoms with Crippen LogP contribution in [0, 0.1) is 11.8 Å². The number of carbonyl (C=O) groups is 1. The fourth-order valence-corrected chi connectivity index (χ4v) is 2.18. The van der Waals surface area contributed by atoms with Gasteiger partial charge in [0.05, 0.1) is 5.56 Å². The van der Waals surface area contributed by atoms with Crippen LogP contribution in [-0.4, -0.2) is 29.6 Å². The van der Waals surface area contributed by atoms with Gasteiger partial charge in [-0.2, -0.15) is 0 Å². The topological polar surface area (TPSA) is 40.5 Å². The molecule has 1 aliphatic carbocycles. The lowest BCUT2D eigenvalue weighted by Crippen LogP contribution is -2.20. The van der Waals surface area contributed by atoms with Gasteiger partial charge in [-0.15, -0.1) is 0 Å². The normalized spacial score (nSPS) is 22.8. The molecule has 1 fully saturated rings. The highest BCUT2D eigenvalue weighted by Crippen LogP contribution is 2.38.